The highest BCUT2D eigenvalue weighted by molar-refractivity contribution is 9.10. The van der Waals surface area contributed by atoms with Gasteiger partial charge in [0.05, 0.1) is 22.5 Å². The molecule has 2 N–H and O–H groups in total. The quantitative estimate of drug-likeness (QED) is 0.941. The fourth-order valence-electron chi connectivity index (χ4n) is 1.76. The monoisotopic (exact) mass is 283 g/mol. The van der Waals surface area contributed by atoms with Gasteiger partial charge in [-0.3, -0.25) is 4.68 Å². The van der Waals surface area contributed by atoms with Crippen LogP contribution >= 0.6 is 15.9 Å². The van der Waals surface area contributed by atoms with Gasteiger partial charge in [0, 0.05) is 18.8 Å². The van der Waals surface area contributed by atoms with Gasteiger partial charge in [0.25, 0.3) is 0 Å². The van der Waals surface area contributed by atoms with Crippen LogP contribution in [0, 0.1) is 0 Å². The van der Waals surface area contributed by atoms with Crippen LogP contribution in [0.5, 0.6) is 0 Å². The van der Waals surface area contributed by atoms with Crippen molar-refractivity contribution < 1.29 is 4.42 Å². The second kappa shape index (κ2) is 4.43. The summed E-state index contributed by atoms with van der Waals surface area (Å²) in [4.78, 5) is 0. The van der Waals surface area contributed by atoms with E-state index in [1.807, 2.05) is 19.3 Å². The lowest BCUT2D eigenvalue weighted by Crippen LogP contribution is -2.12. The third kappa shape index (κ3) is 1.92. The zero-order chi connectivity index (χ0) is 11.7. The maximum Gasteiger partial charge on any atom is 0.139 e. The van der Waals surface area contributed by atoms with Gasteiger partial charge < -0.3 is 10.2 Å². The first-order valence-corrected chi connectivity index (χ1v) is 5.93. The van der Waals surface area contributed by atoms with Crippen molar-refractivity contribution in [3.8, 4) is 0 Å². The molecule has 0 aliphatic carbocycles. The van der Waals surface area contributed by atoms with Gasteiger partial charge in [-0.25, -0.2) is 0 Å². The van der Waals surface area contributed by atoms with Crippen LogP contribution in [0.15, 0.2) is 27.4 Å². The maximum absolute atomic E-state index is 6.17. The molecule has 0 amide bonds. The molecule has 0 radical (unpaired) electrons. The van der Waals surface area contributed by atoms with Gasteiger partial charge in [0.15, 0.2) is 0 Å². The lowest BCUT2D eigenvalue weighted by molar-refractivity contribution is 0.486. The highest BCUT2D eigenvalue weighted by Crippen LogP contribution is 2.29. The van der Waals surface area contributed by atoms with E-state index in [0.717, 1.165) is 27.9 Å². The average molecular weight is 284 g/mol. The summed E-state index contributed by atoms with van der Waals surface area (Å²) in [6.45, 7) is 2.07. The van der Waals surface area contributed by atoms with Crippen LogP contribution in [0.4, 0.5) is 0 Å². The lowest BCUT2D eigenvalue weighted by Gasteiger charge is -2.08. The Labute approximate surface area is 103 Å². The first-order chi connectivity index (χ1) is 7.63. The molecule has 2 aromatic heterocycles. The molecule has 0 spiro atoms. The number of aromatic nitrogens is 2. The molecular weight excluding hydrogens is 270 g/mol. The van der Waals surface area contributed by atoms with E-state index in [9.17, 15) is 0 Å². The summed E-state index contributed by atoms with van der Waals surface area (Å²) in [5.74, 6) is 0.739. The molecule has 2 heterocycles. The van der Waals surface area contributed by atoms with E-state index in [0.29, 0.717) is 0 Å². The maximum atomic E-state index is 6.17. The van der Waals surface area contributed by atoms with Gasteiger partial charge in [-0.05, 0) is 28.4 Å². The van der Waals surface area contributed by atoms with E-state index in [1.54, 1.807) is 10.9 Å². The molecule has 2 rings (SSSR count). The van der Waals surface area contributed by atoms with Crippen LogP contribution in [0.1, 0.15) is 30.0 Å². The number of furan rings is 1. The summed E-state index contributed by atoms with van der Waals surface area (Å²) in [6, 6.07) is 1.57. The number of halogens is 1. The molecule has 86 valence electrons. The van der Waals surface area contributed by atoms with Crippen molar-refractivity contribution in [2.75, 3.05) is 0 Å². The molecule has 0 aromatic carbocycles. The van der Waals surface area contributed by atoms with Crippen LogP contribution in [-0.2, 0) is 13.5 Å². The third-order valence-corrected chi connectivity index (χ3v) is 3.19. The Hall–Kier alpha value is -1.07. The minimum atomic E-state index is -0.270. The minimum absolute atomic E-state index is 0.270. The topological polar surface area (TPSA) is 57.0 Å². The first-order valence-electron chi connectivity index (χ1n) is 5.14. The molecule has 5 heteroatoms. The molecule has 1 atom stereocenters. The van der Waals surface area contributed by atoms with Crippen molar-refractivity contribution in [2.45, 2.75) is 19.4 Å². The van der Waals surface area contributed by atoms with Crippen LogP contribution < -0.4 is 5.73 Å². The number of nitrogens with zero attached hydrogens (tertiary/aromatic N) is 2. The zero-order valence-electron chi connectivity index (χ0n) is 9.27. The predicted octanol–water partition coefficient (Wildman–Crippen LogP) is 2.39. The van der Waals surface area contributed by atoms with E-state index in [-0.39, 0.29) is 6.04 Å². The zero-order valence-corrected chi connectivity index (χ0v) is 10.9. The Bertz CT molecular complexity index is 489. The van der Waals surface area contributed by atoms with Crippen molar-refractivity contribution >= 4 is 15.9 Å². The van der Waals surface area contributed by atoms with Crippen LogP contribution in [0.3, 0.4) is 0 Å². The van der Waals surface area contributed by atoms with Crippen molar-refractivity contribution in [3.63, 3.8) is 0 Å². The van der Waals surface area contributed by atoms with E-state index < -0.39 is 0 Å². The van der Waals surface area contributed by atoms with E-state index in [1.165, 1.54) is 0 Å². The fourth-order valence-corrected chi connectivity index (χ4v) is 2.20. The molecule has 2 aromatic rings. The van der Waals surface area contributed by atoms with Gasteiger partial charge in [0.2, 0.25) is 0 Å². The molecule has 0 bridgehead atoms. The van der Waals surface area contributed by atoms with Gasteiger partial charge in [-0.15, -0.1) is 0 Å². The summed E-state index contributed by atoms with van der Waals surface area (Å²) in [7, 11) is 1.90. The SMILES string of the molecule is CCc1nn(C)cc1C(N)c1occc1Br. The number of nitrogens with two attached hydrogens (primary N) is 1. The Morgan fingerprint density at radius 1 is 1.62 bits per heavy atom. The second-order valence-electron chi connectivity index (χ2n) is 3.67. The van der Waals surface area contributed by atoms with Crippen LogP contribution in [0.25, 0.3) is 0 Å². The van der Waals surface area contributed by atoms with Gasteiger partial charge in [-0.1, -0.05) is 6.92 Å². The van der Waals surface area contributed by atoms with Crippen LogP contribution in [-0.4, -0.2) is 9.78 Å². The second-order valence-corrected chi connectivity index (χ2v) is 4.52. The third-order valence-electron chi connectivity index (χ3n) is 2.53. The normalized spacial score (nSPS) is 13.0. The number of hydrogen-bond donors (Lipinski definition) is 1. The molecule has 16 heavy (non-hydrogen) atoms. The van der Waals surface area contributed by atoms with Crippen molar-refractivity contribution in [1.82, 2.24) is 9.78 Å². The summed E-state index contributed by atoms with van der Waals surface area (Å²) in [5, 5.41) is 4.37. The molecule has 0 aliphatic heterocycles. The van der Waals surface area contributed by atoms with Gasteiger partial charge in [-0.2, -0.15) is 5.10 Å². The van der Waals surface area contributed by atoms with Crippen LogP contribution in [0.2, 0.25) is 0 Å². The van der Waals surface area contributed by atoms with E-state index in [2.05, 4.69) is 28.0 Å². The molecule has 1 unspecified atom stereocenters. The van der Waals surface area contributed by atoms with Crippen molar-refractivity contribution in [1.29, 1.82) is 0 Å². The Kier molecular flexibility index (Phi) is 3.16. The Morgan fingerprint density at radius 3 is 2.94 bits per heavy atom. The molecular formula is C11H14BrN3O. The average Bonchev–Trinajstić information content (AvgIpc) is 2.83. The molecule has 0 fully saturated rings. The Balaban J connectivity index is 2.40. The first kappa shape index (κ1) is 11.4. The van der Waals surface area contributed by atoms with E-state index in [4.69, 9.17) is 10.2 Å². The Morgan fingerprint density at radius 2 is 2.38 bits per heavy atom. The minimum Gasteiger partial charge on any atom is -0.466 e. The number of rotatable bonds is 3. The fraction of sp³-hybridized carbons (Fsp3) is 0.364. The van der Waals surface area contributed by atoms with Crippen molar-refractivity contribution in [3.05, 3.63) is 40.0 Å². The highest BCUT2D eigenvalue weighted by atomic mass is 79.9. The number of aryl methyl sites for hydroxylation is 2. The molecule has 4 nitrogen and oxygen atoms in total. The number of hydrogen-bond acceptors (Lipinski definition) is 3. The lowest BCUT2D eigenvalue weighted by atomic mass is 10.1. The summed E-state index contributed by atoms with van der Waals surface area (Å²) < 4.78 is 8.06. The standard InChI is InChI=1S/C11H14BrN3O/c1-3-9-7(6-15(2)14-9)10(13)11-8(12)4-5-16-11/h4-6,10H,3,13H2,1-2H3. The summed E-state index contributed by atoms with van der Waals surface area (Å²) >= 11 is 3.42. The van der Waals surface area contributed by atoms with Gasteiger partial charge >= 0.3 is 0 Å². The smallest absolute Gasteiger partial charge is 0.139 e. The predicted molar refractivity (Wildman–Crippen MR) is 65.0 cm³/mol. The summed E-state index contributed by atoms with van der Waals surface area (Å²) in [6.07, 6.45) is 4.43. The van der Waals surface area contributed by atoms with Crippen molar-refractivity contribution in [2.24, 2.45) is 12.8 Å². The summed E-state index contributed by atoms with van der Waals surface area (Å²) in [5.41, 5.74) is 8.20. The van der Waals surface area contributed by atoms with Gasteiger partial charge in [0.1, 0.15) is 5.76 Å². The molecule has 0 saturated heterocycles. The highest BCUT2D eigenvalue weighted by Gasteiger charge is 2.20. The van der Waals surface area contributed by atoms with E-state index >= 15 is 0 Å². The molecule has 0 aliphatic rings. The largest absolute Gasteiger partial charge is 0.466 e. The molecule has 0 saturated carbocycles.